The molecule has 2 heterocycles. The summed E-state index contributed by atoms with van der Waals surface area (Å²) in [7, 11) is 0. The number of aromatic nitrogens is 1. The van der Waals surface area contributed by atoms with Gasteiger partial charge in [-0.3, -0.25) is 9.59 Å². The average Bonchev–Trinajstić information content (AvgIpc) is 3.34. The number of benzene rings is 2. The molecule has 0 atom stereocenters. The molecular weight excluding hydrogens is 462 g/mol. The van der Waals surface area contributed by atoms with Crippen LogP contribution < -0.4 is 15.4 Å². The summed E-state index contributed by atoms with van der Waals surface area (Å²) in [6.07, 6.45) is 4.37. The molecule has 1 fully saturated rings. The van der Waals surface area contributed by atoms with Crippen molar-refractivity contribution in [3.8, 4) is 27.8 Å². The van der Waals surface area contributed by atoms with Crippen molar-refractivity contribution in [2.24, 2.45) is 0 Å². The van der Waals surface area contributed by atoms with Gasteiger partial charge < -0.3 is 19.8 Å². The summed E-state index contributed by atoms with van der Waals surface area (Å²) in [5.74, 6) is 1.03. The Balaban J connectivity index is 1.18. The molecular formula is C27H25N3O4S. The van der Waals surface area contributed by atoms with Crippen LogP contribution in [0.1, 0.15) is 28.1 Å². The highest BCUT2D eigenvalue weighted by molar-refractivity contribution is 7.17. The molecule has 1 aliphatic carbocycles. The van der Waals surface area contributed by atoms with Crippen LogP contribution in [0.15, 0.2) is 77.4 Å². The number of hydrogen-bond donors (Lipinski definition) is 2. The first kappa shape index (κ1) is 22.9. The van der Waals surface area contributed by atoms with Crippen LogP contribution >= 0.6 is 11.3 Å². The van der Waals surface area contributed by atoms with E-state index < -0.39 is 0 Å². The topological polar surface area (TPSA) is 93.5 Å². The van der Waals surface area contributed by atoms with E-state index in [1.54, 1.807) is 12.3 Å². The zero-order chi connectivity index (χ0) is 24.0. The van der Waals surface area contributed by atoms with Gasteiger partial charge >= 0.3 is 0 Å². The van der Waals surface area contributed by atoms with E-state index in [0.717, 1.165) is 24.0 Å². The molecule has 0 saturated heterocycles. The molecule has 2 aromatic carbocycles. The van der Waals surface area contributed by atoms with Crippen LogP contribution in [0, 0.1) is 0 Å². The highest BCUT2D eigenvalue weighted by atomic mass is 32.1. The number of thiazole rings is 1. The van der Waals surface area contributed by atoms with Gasteiger partial charge in [-0.05, 0) is 49.1 Å². The van der Waals surface area contributed by atoms with E-state index in [4.69, 9.17) is 14.1 Å². The highest BCUT2D eigenvalue weighted by Gasteiger charge is 2.23. The predicted octanol–water partition coefficient (Wildman–Crippen LogP) is 4.70. The molecule has 7 nitrogen and oxygen atoms in total. The molecule has 2 amide bonds. The number of nitrogens with zero attached hydrogens (tertiary/aromatic N) is 1. The summed E-state index contributed by atoms with van der Waals surface area (Å²) in [6.45, 7) is 0.496. The zero-order valence-corrected chi connectivity index (χ0v) is 19.8. The average molecular weight is 488 g/mol. The molecule has 0 radical (unpaired) electrons. The van der Waals surface area contributed by atoms with Crippen LogP contribution in [0.25, 0.3) is 22.0 Å². The van der Waals surface area contributed by atoms with Crippen molar-refractivity contribution in [1.29, 1.82) is 0 Å². The van der Waals surface area contributed by atoms with E-state index in [9.17, 15) is 9.59 Å². The molecule has 5 rings (SSSR count). The Hall–Kier alpha value is -3.91. The van der Waals surface area contributed by atoms with Crippen molar-refractivity contribution in [3.63, 3.8) is 0 Å². The van der Waals surface area contributed by atoms with Crippen LogP contribution in [0.4, 0.5) is 0 Å². The normalized spacial score (nSPS) is 12.8. The van der Waals surface area contributed by atoms with E-state index in [-0.39, 0.29) is 18.4 Å². The molecule has 2 N–H and O–H groups in total. The third-order valence-electron chi connectivity index (χ3n) is 5.55. The van der Waals surface area contributed by atoms with Crippen LogP contribution in [0.5, 0.6) is 5.75 Å². The van der Waals surface area contributed by atoms with E-state index in [1.807, 2.05) is 60.7 Å². The van der Waals surface area contributed by atoms with Crippen molar-refractivity contribution in [2.45, 2.75) is 25.3 Å². The van der Waals surface area contributed by atoms with Gasteiger partial charge in [-0.15, -0.1) is 11.3 Å². The Labute approximate surface area is 207 Å². The molecule has 4 aromatic rings. The molecule has 35 heavy (non-hydrogen) atoms. The lowest BCUT2D eigenvalue weighted by Crippen LogP contribution is -2.30. The molecule has 2 aromatic heterocycles. The summed E-state index contributed by atoms with van der Waals surface area (Å²) in [5, 5.41) is 6.58. The Morgan fingerprint density at radius 3 is 2.54 bits per heavy atom. The monoisotopic (exact) mass is 487 g/mol. The molecule has 0 unspecified atom stereocenters. The largest absolute Gasteiger partial charge is 0.484 e. The zero-order valence-electron chi connectivity index (χ0n) is 19.0. The van der Waals surface area contributed by atoms with Crippen LogP contribution in [0.3, 0.4) is 0 Å². The van der Waals surface area contributed by atoms with Crippen molar-refractivity contribution < 1.29 is 18.7 Å². The van der Waals surface area contributed by atoms with Gasteiger partial charge in [-0.2, -0.15) is 0 Å². The maximum Gasteiger partial charge on any atom is 0.263 e. The lowest BCUT2D eigenvalue weighted by Gasteiger charge is -2.08. The van der Waals surface area contributed by atoms with Gasteiger partial charge in [0.15, 0.2) is 17.4 Å². The minimum Gasteiger partial charge on any atom is -0.484 e. The number of amides is 2. The Kier molecular flexibility index (Phi) is 6.90. The van der Waals surface area contributed by atoms with Crippen molar-refractivity contribution in [2.75, 3.05) is 13.2 Å². The highest BCUT2D eigenvalue weighted by Crippen LogP contribution is 2.34. The quantitative estimate of drug-likeness (QED) is 0.338. The second-order valence-electron chi connectivity index (χ2n) is 8.32. The minimum absolute atomic E-state index is 0.0183. The summed E-state index contributed by atoms with van der Waals surface area (Å²) >= 11 is 1.32. The number of hydrogen-bond acceptors (Lipinski definition) is 6. The van der Waals surface area contributed by atoms with Crippen LogP contribution in [-0.4, -0.2) is 36.0 Å². The van der Waals surface area contributed by atoms with Gasteiger partial charge in [0.05, 0.1) is 12.0 Å². The minimum atomic E-state index is -0.166. The lowest BCUT2D eigenvalue weighted by molar-refractivity contribution is -0.123. The Morgan fingerprint density at radius 1 is 1.03 bits per heavy atom. The third-order valence-corrected chi connectivity index (χ3v) is 6.62. The first-order chi connectivity index (χ1) is 17.2. The molecule has 178 valence electrons. The standard InChI is InChI=1S/C27H25N3O4S/c31-23(29-20-10-11-20)17-34-21-12-8-18(9-13-21)14-15-28-26(32)25-24(19-5-2-1-3-6-19)30-27(35-25)22-7-4-16-33-22/h1-9,12-13,16,20H,10-11,14-15,17H2,(H,28,32)(H,29,31). The van der Waals surface area contributed by atoms with Gasteiger partial charge in [-0.25, -0.2) is 4.98 Å². The first-order valence-electron chi connectivity index (χ1n) is 11.5. The number of carbonyl (C=O) groups is 2. The fourth-order valence-corrected chi connectivity index (χ4v) is 4.54. The third kappa shape index (κ3) is 5.96. The second kappa shape index (κ2) is 10.6. The van der Waals surface area contributed by atoms with E-state index in [1.165, 1.54) is 11.3 Å². The van der Waals surface area contributed by atoms with Gasteiger partial charge in [-0.1, -0.05) is 42.5 Å². The SMILES string of the molecule is O=C(COc1ccc(CCNC(=O)c2sc(-c3ccco3)nc2-c2ccccc2)cc1)NC1CC1. The Bertz CT molecular complexity index is 1280. The smallest absolute Gasteiger partial charge is 0.263 e. The Morgan fingerprint density at radius 2 is 1.83 bits per heavy atom. The number of furan rings is 1. The van der Waals surface area contributed by atoms with Crippen LogP contribution in [0.2, 0.25) is 0 Å². The number of nitrogens with one attached hydrogen (secondary N) is 2. The van der Waals surface area contributed by atoms with Gasteiger partial charge in [0.25, 0.3) is 11.8 Å². The van der Waals surface area contributed by atoms with Crippen molar-refractivity contribution in [3.05, 3.63) is 83.4 Å². The molecule has 0 bridgehead atoms. The maximum atomic E-state index is 13.1. The van der Waals surface area contributed by atoms with Crippen molar-refractivity contribution in [1.82, 2.24) is 15.6 Å². The van der Waals surface area contributed by atoms with Gasteiger partial charge in [0.1, 0.15) is 10.6 Å². The molecule has 0 aliphatic heterocycles. The van der Waals surface area contributed by atoms with Gasteiger partial charge in [0.2, 0.25) is 0 Å². The van der Waals surface area contributed by atoms with E-state index in [0.29, 0.717) is 46.1 Å². The van der Waals surface area contributed by atoms with E-state index in [2.05, 4.69) is 10.6 Å². The predicted molar refractivity (Wildman–Crippen MR) is 134 cm³/mol. The number of rotatable bonds is 10. The second-order valence-corrected chi connectivity index (χ2v) is 9.32. The fourth-order valence-electron chi connectivity index (χ4n) is 3.57. The lowest BCUT2D eigenvalue weighted by atomic mass is 10.1. The molecule has 0 spiro atoms. The maximum absolute atomic E-state index is 13.1. The summed E-state index contributed by atoms with van der Waals surface area (Å²) in [5.41, 5.74) is 2.59. The fraction of sp³-hybridized carbons (Fsp3) is 0.222. The molecule has 1 saturated carbocycles. The first-order valence-corrected chi connectivity index (χ1v) is 12.4. The van der Waals surface area contributed by atoms with E-state index >= 15 is 0 Å². The summed E-state index contributed by atoms with van der Waals surface area (Å²) in [4.78, 5) is 30.1. The summed E-state index contributed by atoms with van der Waals surface area (Å²) < 4.78 is 11.0. The molecule has 8 heteroatoms. The molecule has 1 aliphatic rings. The number of carbonyl (C=O) groups excluding carboxylic acids is 2. The van der Waals surface area contributed by atoms with Gasteiger partial charge in [0, 0.05) is 18.2 Å². The number of ether oxygens (including phenoxy) is 1. The van der Waals surface area contributed by atoms with Crippen molar-refractivity contribution >= 4 is 23.2 Å². The summed E-state index contributed by atoms with van der Waals surface area (Å²) in [6, 6.07) is 21.2. The van der Waals surface area contributed by atoms with Crippen LogP contribution in [-0.2, 0) is 11.2 Å².